The lowest BCUT2D eigenvalue weighted by Crippen LogP contribution is -2.19. The summed E-state index contributed by atoms with van der Waals surface area (Å²) < 4.78 is 14.0. The van der Waals surface area contributed by atoms with Gasteiger partial charge in [-0.3, -0.25) is 0 Å². The average molecular weight is 291 g/mol. The molecule has 0 aliphatic heterocycles. The van der Waals surface area contributed by atoms with Crippen LogP contribution in [0, 0.1) is 5.41 Å². The Morgan fingerprint density at radius 2 is 1.86 bits per heavy atom. The van der Waals surface area contributed by atoms with Crippen LogP contribution in [0.5, 0.6) is 0 Å². The molecule has 1 N–H and O–H groups in total. The fraction of sp³-hybridized carbons (Fsp3) is 0.579. The third-order valence-corrected chi connectivity index (χ3v) is 3.67. The number of alkyl halides is 1. The van der Waals surface area contributed by atoms with Crippen LogP contribution < -0.4 is 5.32 Å². The molecule has 0 heterocycles. The zero-order valence-corrected chi connectivity index (χ0v) is 14.4. The van der Waals surface area contributed by atoms with Crippen molar-refractivity contribution in [3.05, 3.63) is 47.7 Å². The summed E-state index contributed by atoms with van der Waals surface area (Å²) in [4.78, 5) is 0. The van der Waals surface area contributed by atoms with Crippen molar-refractivity contribution in [2.24, 2.45) is 5.41 Å². The van der Waals surface area contributed by atoms with E-state index in [9.17, 15) is 4.39 Å². The van der Waals surface area contributed by atoms with Crippen LogP contribution in [0.25, 0.3) is 0 Å². The molecule has 21 heavy (non-hydrogen) atoms. The summed E-state index contributed by atoms with van der Waals surface area (Å²) in [5.74, 6) is 0. The molecule has 1 unspecified atom stereocenters. The van der Waals surface area contributed by atoms with Gasteiger partial charge in [-0.05, 0) is 50.2 Å². The molecule has 0 aromatic heterocycles. The average Bonchev–Trinajstić information content (AvgIpc) is 2.34. The zero-order valence-electron chi connectivity index (χ0n) is 14.4. The third-order valence-electron chi connectivity index (χ3n) is 3.67. The molecule has 0 saturated heterocycles. The van der Waals surface area contributed by atoms with Crippen LogP contribution in [0.1, 0.15) is 71.6 Å². The van der Waals surface area contributed by atoms with Gasteiger partial charge in [-0.2, -0.15) is 0 Å². The number of hydrogen-bond donors (Lipinski definition) is 1. The van der Waals surface area contributed by atoms with E-state index in [1.54, 1.807) is 13.8 Å². The Labute approximate surface area is 129 Å². The fourth-order valence-corrected chi connectivity index (χ4v) is 2.17. The number of hydrogen-bond acceptors (Lipinski definition) is 1. The molecule has 2 heteroatoms. The molecule has 1 atom stereocenters. The third kappa shape index (κ3) is 6.33. The number of nitrogens with one attached hydrogen (secondary N) is 1. The highest BCUT2D eigenvalue weighted by atomic mass is 19.1. The number of halogens is 1. The van der Waals surface area contributed by atoms with Gasteiger partial charge in [0.1, 0.15) is 5.67 Å². The maximum Gasteiger partial charge on any atom is 0.130 e. The lowest BCUT2D eigenvalue weighted by atomic mass is 9.90. The highest BCUT2D eigenvalue weighted by Crippen LogP contribution is 2.28. The van der Waals surface area contributed by atoms with Crippen LogP contribution in [0.3, 0.4) is 0 Å². The molecule has 1 rings (SSSR count). The van der Waals surface area contributed by atoms with Crippen molar-refractivity contribution in [2.45, 2.75) is 66.1 Å². The van der Waals surface area contributed by atoms with Crippen LogP contribution in [0.4, 0.5) is 4.39 Å². The first-order chi connectivity index (χ1) is 9.49. The monoisotopic (exact) mass is 291 g/mol. The Kier molecular flexibility index (Phi) is 5.61. The normalized spacial score (nSPS) is 13.9. The first kappa shape index (κ1) is 17.7. The van der Waals surface area contributed by atoms with E-state index < -0.39 is 5.67 Å². The van der Waals surface area contributed by atoms with Gasteiger partial charge < -0.3 is 5.32 Å². The molecule has 0 aliphatic carbocycles. The highest BCUT2D eigenvalue weighted by Gasteiger charge is 2.19. The van der Waals surface area contributed by atoms with Gasteiger partial charge >= 0.3 is 0 Å². The van der Waals surface area contributed by atoms with Crippen LogP contribution in [-0.4, -0.2) is 0 Å². The molecular formula is C19H30FN. The molecule has 0 spiro atoms. The summed E-state index contributed by atoms with van der Waals surface area (Å²) in [5, 5.41) is 3.43. The Morgan fingerprint density at radius 1 is 1.24 bits per heavy atom. The van der Waals surface area contributed by atoms with E-state index >= 15 is 0 Å². The molecule has 118 valence electrons. The van der Waals surface area contributed by atoms with E-state index in [1.807, 2.05) is 24.3 Å². The fourth-order valence-electron chi connectivity index (χ4n) is 2.17. The second kappa shape index (κ2) is 6.64. The minimum atomic E-state index is -1.31. The minimum absolute atomic E-state index is 0.139. The smallest absolute Gasteiger partial charge is 0.130 e. The van der Waals surface area contributed by atoms with Gasteiger partial charge in [-0.15, -0.1) is 0 Å². The molecule has 0 amide bonds. The second-order valence-corrected chi connectivity index (χ2v) is 7.63. The summed E-state index contributed by atoms with van der Waals surface area (Å²) in [7, 11) is 0. The topological polar surface area (TPSA) is 12.0 Å². The molecule has 0 aliphatic rings. The van der Waals surface area contributed by atoms with Crippen molar-refractivity contribution in [3.63, 3.8) is 0 Å². The minimum Gasteiger partial charge on any atom is -0.382 e. The van der Waals surface area contributed by atoms with Crippen molar-refractivity contribution in [2.75, 3.05) is 0 Å². The van der Waals surface area contributed by atoms with Crippen LogP contribution in [-0.2, 0) is 5.67 Å². The Bertz CT molecular complexity index is 477. The zero-order chi connectivity index (χ0) is 16.3. The van der Waals surface area contributed by atoms with E-state index in [2.05, 4.69) is 39.6 Å². The SMILES string of the molecule is C=C(CCC(C)(C)C)NC(C)c1cccc(C(C)(C)F)c1. The van der Waals surface area contributed by atoms with E-state index in [4.69, 9.17) is 0 Å². The van der Waals surface area contributed by atoms with Gasteiger partial charge in [-0.1, -0.05) is 51.6 Å². The maximum atomic E-state index is 14.0. The summed E-state index contributed by atoms with van der Waals surface area (Å²) in [5.41, 5.74) is 1.86. The van der Waals surface area contributed by atoms with Crippen molar-refractivity contribution in [1.82, 2.24) is 5.32 Å². The van der Waals surface area contributed by atoms with Gasteiger partial charge in [0.15, 0.2) is 0 Å². The van der Waals surface area contributed by atoms with E-state index in [0.717, 1.165) is 24.1 Å². The summed E-state index contributed by atoms with van der Waals surface area (Å²) >= 11 is 0. The van der Waals surface area contributed by atoms with E-state index in [-0.39, 0.29) is 6.04 Å². The number of benzene rings is 1. The van der Waals surface area contributed by atoms with Gasteiger partial charge in [0, 0.05) is 11.7 Å². The van der Waals surface area contributed by atoms with Gasteiger partial charge in [-0.25, -0.2) is 4.39 Å². The Morgan fingerprint density at radius 3 is 2.38 bits per heavy atom. The summed E-state index contributed by atoms with van der Waals surface area (Å²) in [6.45, 7) is 16.1. The molecule has 0 radical (unpaired) electrons. The predicted molar refractivity (Wildman–Crippen MR) is 90.0 cm³/mol. The van der Waals surface area contributed by atoms with Crippen LogP contribution in [0.2, 0.25) is 0 Å². The van der Waals surface area contributed by atoms with Crippen molar-refractivity contribution < 1.29 is 4.39 Å². The van der Waals surface area contributed by atoms with Crippen LogP contribution >= 0.6 is 0 Å². The molecule has 0 saturated carbocycles. The molecule has 0 fully saturated rings. The highest BCUT2D eigenvalue weighted by molar-refractivity contribution is 5.29. The van der Waals surface area contributed by atoms with Crippen LogP contribution in [0.15, 0.2) is 36.5 Å². The molecular weight excluding hydrogens is 261 g/mol. The van der Waals surface area contributed by atoms with Gasteiger partial charge in [0.05, 0.1) is 0 Å². The molecule has 1 nitrogen and oxygen atoms in total. The standard InChI is InChI=1S/C19H30FN/c1-14(11-12-18(3,4)5)21-15(2)16-9-8-10-17(13-16)19(6,7)20/h8-10,13,15,21H,1,11-12H2,2-7H3. The first-order valence-electron chi connectivity index (χ1n) is 7.73. The first-order valence-corrected chi connectivity index (χ1v) is 7.73. The quantitative estimate of drug-likeness (QED) is 0.690. The number of allylic oxidation sites excluding steroid dienone is 1. The predicted octanol–water partition coefficient (Wildman–Crippen LogP) is 5.88. The summed E-state index contributed by atoms with van der Waals surface area (Å²) in [6.07, 6.45) is 2.06. The van der Waals surface area contributed by atoms with Crippen molar-refractivity contribution in [1.29, 1.82) is 0 Å². The Balaban J connectivity index is 2.68. The number of rotatable bonds is 6. The molecule has 0 bridgehead atoms. The maximum absolute atomic E-state index is 14.0. The lowest BCUT2D eigenvalue weighted by Gasteiger charge is -2.23. The van der Waals surface area contributed by atoms with Gasteiger partial charge in [0.25, 0.3) is 0 Å². The Hall–Kier alpha value is -1.31. The second-order valence-electron chi connectivity index (χ2n) is 7.63. The largest absolute Gasteiger partial charge is 0.382 e. The van der Waals surface area contributed by atoms with Gasteiger partial charge in [0.2, 0.25) is 0 Å². The summed E-state index contributed by atoms with van der Waals surface area (Å²) in [6, 6.07) is 7.87. The molecule has 1 aromatic carbocycles. The van der Waals surface area contributed by atoms with Crippen molar-refractivity contribution >= 4 is 0 Å². The van der Waals surface area contributed by atoms with E-state index in [1.165, 1.54) is 0 Å². The lowest BCUT2D eigenvalue weighted by molar-refractivity contribution is 0.221. The van der Waals surface area contributed by atoms with Crippen molar-refractivity contribution in [3.8, 4) is 0 Å². The van der Waals surface area contributed by atoms with E-state index in [0.29, 0.717) is 11.0 Å². The molecule has 1 aromatic rings.